The van der Waals surface area contributed by atoms with E-state index in [1.807, 2.05) is 0 Å². The molecule has 1 saturated heterocycles. The molecule has 0 aromatic heterocycles. The molecule has 2 fully saturated rings. The van der Waals surface area contributed by atoms with Crippen molar-refractivity contribution in [2.24, 2.45) is 23.0 Å². The molecular weight excluding hydrogens is 234 g/mol. The molecule has 2 unspecified atom stereocenters. The van der Waals surface area contributed by atoms with Crippen LogP contribution < -0.4 is 5.73 Å². The third-order valence-corrected chi connectivity index (χ3v) is 5.54. The fourth-order valence-corrected chi connectivity index (χ4v) is 4.34. The summed E-state index contributed by atoms with van der Waals surface area (Å²) in [6.45, 7) is 13.6. The van der Waals surface area contributed by atoms with Crippen LogP contribution in [0.4, 0.5) is 0 Å². The fraction of sp³-hybridized carbons (Fsp3) is 1.00. The van der Waals surface area contributed by atoms with E-state index in [1.54, 1.807) is 0 Å². The van der Waals surface area contributed by atoms with Gasteiger partial charge in [-0.2, -0.15) is 0 Å². The first kappa shape index (κ1) is 15.3. The van der Waals surface area contributed by atoms with E-state index >= 15 is 0 Å². The van der Waals surface area contributed by atoms with Gasteiger partial charge in [-0.15, -0.1) is 0 Å². The Bertz CT molecular complexity index is 322. The van der Waals surface area contributed by atoms with Crippen LogP contribution in [-0.4, -0.2) is 17.2 Å². The minimum Gasteiger partial charge on any atom is -0.369 e. The van der Waals surface area contributed by atoms with Crippen LogP contribution in [0, 0.1) is 17.3 Å². The standard InChI is InChI=1S/C17H33NO/c1-15(2)9-7-12(8-10-15)14(18)13-11-16(3,4)19-17(13,5)6/h12-14H,7-11,18H2,1-6H3. The van der Waals surface area contributed by atoms with Crippen molar-refractivity contribution in [2.75, 3.05) is 0 Å². The Balaban J connectivity index is 2.02. The summed E-state index contributed by atoms with van der Waals surface area (Å²) in [4.78, 5) is 0. The van der Waals surface area contributed by atoms with Gasteiger partial charge in [0.15, 0.2) is 0 Å². The van der Waals surface area contributed by atoms with E-state index in [0.29, 0.717) is 23.3 Å². The maximum absolute atomic E-state index is 6.66. The summed E-state index contributed by atoms with van der Waals surface area (Å²) in [5, 5.41) is 0. The Hall–Kier alpha value is -0.0800. The summed E-state index contributed by atoms with van der Waals surface area (Å²) >= 11 is 0. The third kappa shape index (κ3) is 3.33. The van der Waals surface area contributed by atoms with Crippen LogP contribution >= 0.6 is 0 Å². The quantitative estimate of drug-likeness (QED) is 0.816. The first-order valence-electron chi connectivity index (χ1n) is 7.98. The average molecular weight is 267 g/mol. The van der Waals surface area contributed by atoms with Crippen molar-refractivity contribution in [2.45, 2.75) is 90.9 Å². The highest BCUT2D eigenvalue weighted by atomic mass is 16.5. The minimum atomic E-state index is -0.0735. The van der Waals surface area contributed by atoms with E-state index in [0.717, 1.165) is 6.42 Å². The lowest BCUT2D eigenvalue weighted by Crippen LogP contribution is -2.46. The molecule has 2 heteroatoms. The predicted octanol–water partition coefficient (Wildman–Crippen LogP) is 4.12. The van der Waals surface area contributed by atoms with Crippen molar-refractivity contribution < 1.29 is 4.74 Å². The molecule has 2 N–H and O–H groups in total. The van der Waals surface area contributed by atoms with Gasteiger partial charge in [-0.1, -0.05) is 13.8 Å². The fourth-order valence-electron chi connectivity index (χ4n) is 4.34. The van der Waals surface area contributed by atoms with E-state index in [-0.39, 0.29) is 11.2 Å². The molecule has 0 aromatic rings. The number of hydrogen-bond donors (Lipinski definition) is 1. The van der Waals surface area contributed by atoms with E-state index in [2.05, 4.69) is 41.5 Å². The number of ether oxygens (including phenoxy) is 1. The number of hydrogen-bond acceptors (Lipinski definition) is 2. The maximum atomic E-state index is 6.66. The van der Waals surface area contributed by atoms with Crippen LogP contribution in [0.15, 0.2) is 0 Å². The molecule has 2 atom stereocenters. The van der Waals surface area contributed by atoms with E-state index in [1.165, 1.54) is 25.7 Å². The zero-order valence-electron chi connectivity index (χ0n) is 13.8. The Kier molecular flexibility index (Phi) is 3.81. The highest BCUT2D eigenvalue weighted by molar-refractivity contribution is 5.01. The van der Waals surface area contributed by atoms with Crippen molar-refractivity contribution in [3.05, 3.63) is 0 Å². The van der Waals surface area contributed by atoms with Gasteiger partial charge in [-0.3, -0.25) is 0 Å². The molecule has 2 aliphatic rings. The van der Waals surface area contributed by atoms with Crippen LogP contribution in [0.5, 0.6) is 0 Å². The molecule has 19 heavy (non-hydrogen) atoms. The van der Waals surface area contributed by atoms with Crippen LogP contribution in [0.1, 0.15) is 73.6 Å². The molecule has 2 rings (SSSR count). The van der Waals surface area contributed by atoms with Gasteiger partial charge in [0.25, 0.3) is 0 Å². The van der Waals surface area contributed by atoms with Crippen molar-refractivity contribution in [1.29, 1.82) is 0 Å². The summed E-state index contributed by atoms with van der Waals surface area (Å²) in [6.07, 6.45) is 6.33. The summed E-state index contributed by atoms with van der Waals surface area (Å²) in [7, 11) is 0. The molecule has 0 amide bonds. The summed E-state index contributed by atoms with van der Waals surface area (Å²) in [6, 6.07) is 0.299. The van der Waals surface area contributed by atoms with E-state index in [9.17, 15) is 0 Å². The summed E-state index contributed by atoms with van der Waals surface area (Å²) in [5.74, 6) is 1.18. The molecule has 0 bridgehead atoms. The highest BCUT2D eigenvalue weighted by Crippen LogP contribution is 2.47. The smallest absolute Gasteiger partial charge is 0.0677 e. The minimum absolute atomic E-state index is 0.0142. The second-order valence-electron chi connectivity index (χ2n) is 8.85. The zero-order valence-corrected chi connectivity index (χ0v) is 13.8. The molecule has 0 spiro atoms. The van der Waals surface area contributed by atoms with E-state index in [4.69, 9.17) is 10.5 Å². The molecular formula is C17H33NO. The molecule has 1 aliphatic heterocycles. The van der Waals surface area contributed by atoms with E-state index < -0.39 is 0 Å². The molecule has 1 heterocycles. The first-order valence-corrected chi connectivity index (χ1v) is 7.98. The Labute approximate surface area is 119 Å². The number of nitrogens with two attached hydrogens (primary N) is 1. The second-order valence-corrected chi connectivity index (χ2v) is 8.85. The highest BCUT2D eigenvalue weighted by Gasteiger charge is 2.50. The molecule has 1 aliphatic carbocycles. The lowest BCUT2D eigenvalue weighted by molar-refractivity contribution is -0.0790. The SMILES string of the molecule is CC1(C)CCC(C(N)C2CC(C)(C)OC2(C)C)CC1. The van der Waals surface area contributed by atoms with Gasteiger partial charge in [-0.25, -0.2) is 0 Å². The molecule has 2 nitrogen and oxygen atoms in total. The van der Waals surface area contributed by atoms with Crippen LogP contribution in [0.25, 0.3) is 0 Å². The van der Waals surface area contributed by atoms with Gasteiger partial charge in [0, 0.05) is 12.0 Å². The normalized spacial score (nSPS) is 35.2. The molecule has 0 aromatic carbocycles. The van der Waals surface area contributed by atoms with Gasteiger partial charge in [0.2, 0.25) is 0 Å². The van der Waals surface area contributed by atoms with Crippen molar-refractivity contribution in [3.8, 4) is 0 Å². The van der Waals surface area contributed by atoms with Crippen LogP contribution in [0.2, 0.25) is 0 Å². The van der Waals surface area contributed by atoms with Crippen molar-refractivity contribution in [3.63, 3.8) is 0 Å². The van der Waals surface area contributed by atoms with Crippen LogP contribution in [-0.2, 0) is 4.74 Å². The van der Waals surface area contributed by atoms with Gasteiger partial charge in [0.1, 0.15) is 0 Å². The Morgan fingerprint density at radius 1 is 1.00 bits per heavy atom. The van der Waals surface area contributed by atoms with Crippen LogP contribution in [0.3, 0.4) is 0 Å². The second kappa shape index (κ2) is 4.73. The Morgan fingerprint density at radius 3 is 1.95 bits per heavy atom. The molecule has 1 saturated carbocycles. The monoisotopic (exact) mass is 267 g/mol. The van der Waals surface area contributed by atoms with Crippen molar-refractivity contribution in [1.82, 2.24) is 0 Å². The summed E-state index contributed by atoms with van der Waals surface area (Å²) in [5.41, 5.74) is 7.10. The predicted molar refractivity (Wildman–Crippen MR) is 81.1 cm³/mol. The van der Waals surface area contributed by atoms with Gasteiger partial charge in [0.05, 0.1) is 11.2 Å². The average Bonchev–Trinajstić information content (AvgIpc) is 2.45. The maximum Gasteiger partial charge on any atom is 0.0677 e. The Morgan fingerprint density at radius 2 is 1.53 bits per heavy atom. The number of rotatable bonds is 2. The van der Waals surface area contributed by atoms with Gasteiger partial charge in [-0.05, 0) is 71.1 Å². The van der Waals surface area contributed by atoms with Gasteiger partial charge < -0.3 is 10.5 Å². The lowest BCUT2D eigenvalue weighted by atomic mass is 9.67. The zero-order chi connectivity index (χ0) is 14.5. The lowest BCUT2D eigenvalue weighted by Gasteiger charge is -2.41. The topological polar surface area (TPSA) is 35.2 Å². The largest absolute Gasteiger partial charge is 0.369 e. The summed E-state index contributed by atoms with van der Waals surface area (Å²) < 4.78 is 6.22. The molecule has 0 radical (unpaired) electrons. The third-order valence-electron chi connectivity index (χ3n) is 5.54. The first-order chi connectivity index (χ1) is 8.53. The molecule has 112 valence electrons. The van der Waals surface area contributed by atoms with Gasteiger partial charge >= 0.3 is 0 Å². The van der Waals surface area contributed by atoms with Crippen molar-refractivity contribution >= 4 is 0 Å².